The van der Waals surface area contributed by atoms with Crippen LogP contribution in [0.25, 0.3) is 0 Å². The minimum Gasteiger partial charge on any atom is -0.496 e. The Morgan fingerprint density at radius 1 is 1.31 bits per heavy atom. The molecule has 5 nitrogen and oxygen atoms in total. The van der Waals surface area contributed by atoms with Crippen molar-refractivity contribution in [1.29, 1.82) is 0 Å². The number of hydrogen-bond donors (Lipinski definition) is 1. The van der Waals surface area contributed by atoms with Crippen LogP contribution in [0.1, 0.15) is 30.5 Å². The minimum absolute atomic E-state index is 0.0699. The summed E-state index contributed by atoms with van der Waals surface area (Å²) in [7, 11) is 3.19. The molecule has 1 N–H and O–H groups in total. The molecule has 8 heteroatoms. The van der Waals surface area contributed by atoms with Gasteiger partial charge in [-0.25, -0.2) is 18.8 Å². The molecule has 1 aromatic carbocycles. The number of methoxy groups -OCH3 is 1. The molecule has 0 aliphatic carbocycles. The Kier molecular flexibility index (Phi) is 6.89. The number of aromatic nitrogens is 1. The molecule has 0 aliphatic rings. The highest BCUT2D eigenvalue weighted by atomic mass is 19.3. The van der Waals surface area contributed by atoms with Gasteiger partial charge in [0.15, 0.2) is 5.60 Å². The first-order valence-electron chi connectivity index (χ1n) is 9.16. The van der Waals surface area contributed by atoms with E-state index in [4.69, 9.17) is 4.74 Å². The Bertz CT molecular complexity index is 884. The van der Waals surface area contributed by atoms with Crippen LogP contribution in [-0.2, 0) is 12.0 Å². The van der Waals surface area contributed by atoms with Gasteiger partial charge in [-0.3, -0.25) is 0 Å². The van der Waals surface area contributed by atoms with E-state index in [0.29, 0.717) is 18.2 Å². The predicted octanol–water partition coefficient (Wildman–Crippen LogP) is 4.23. The molecule has 2 rings (SSSR count). The third kappa shape index (κ3) is 5.06. The van der Waals surface area contributed by atoms with Crippen LogP contribution in [0.2, 0.25) is 0 Å². The monoisotopic (exact) mass is 409 g/mol. The van der Waals surface area contributed by atoms with Crippen LogP contribution in [0.4, 0.5) is 18.9 Å². The van der Waals surface area contributed by atoms with E-state index in [2.05, 4.69) is 9.98 Å². The van der Waals surface area contributed by atoms with Gasteiger partial charge < -0.3 is 14.7 Å². The highest BCUT2D eigenvalue weighted by molar-refractivity contribution is 5.65. The molecule has 1 atom stereocenters. The van der Waals surface area contributed by atoms with Crippen molar-refractivity contribution >= 4 is 12.0 Å². The summed E-state index contributed by atoms with van der Waals surface area (Å²) in [5.41, 5.74) is -1.41. The van der Waals surface area contributed by atoms with E-state index in [1.165, 1.54) is 31.5 Å². The molecule has 158 valence electrons. The average molecular weight is 409 g/mol. The summed E-state index contributed by atoms with van der Waals surface area (Å²) >= 11 is 0. The molecule has 0 spiro atoms. The van der Waals surface area contributed by atoms with Gasteiger partial charge in [0.05, 0.1) is 19.1 Å². The number of aliphatic hydroxyl groups is 1. The van der Waals surface area contributed by atoms with Crippen LogP contribution in [-0.4, -0.2) is 48.0 Å². The average Bonchev–Trinajstić information content (AvgIpc) is 2.65. The number of aliphatic imine (C=N–C) groups is 1. The van der Waals surface area contributed by atoms with Gasteiger partial charge in [-0.05, 0) is 43.2 Å². The number of pyridine rings is 1. The lowest BCUT2D eigenvalue weighted by Crippen LogP contribution is -2.45. The molecule has 2 aromatic rings. The highest BCUT2D eigenvalue weighted by Gasteiger charge is 2.51. The molecule has 1 unspecified atom stereocenters. The summed E-state index contributed by atoms with van der Waals surface area (Å²) < 4.78 is 48.0. The molecule has 0 radical (unpaired) electrons. The van der Waals surface area contributed by atoms with Gasteiger partial charge >= 0.3 is 0 Å². The topological polar surface area (TPSA) is 58.0 Å². The molecule has 0 amide bonds. The maximum absolute atomic E-state index is 14.6. The number of hydrogen-bond acceptors (Lipinski definition) is 4. The predicted molar refractivity (Wildman–Crippen MR) is 107 cm³/mol. The smallest absolute Gasteiger partial charge is 0.278 e. The minimum atomic E-state index is -3.54. The Balaban J connectivity index is 2.59. The zero-order valence-electron chi connectivity index (χ0n) is 17.2. The Morgan fingerprint density at radius 3 is 2.55 bits per heavy atom. The van der Waals surface area contributed by atoms with Gasteiger partial charge in [0.25, 0.3) is 5.92 Å². The van der Waals surface area contributed by atoms with Crippen molar-refractivity contribution in [2.24, 2.45) is 4.99 Å². The zero-order chi connectivity index (χ0) is 21.8. The fourth-order valence-electron chi connectivity index (χ4n) is 2.89. The lowest BCUT2D eigenvalue weighted by molar-refractivity contribution is -0.176. The number of nitrogens with zero attached hydrogens (tertiary/aromatic N) is 3. The standard InChI is InChI=1S/C21H26F3N3O2/c1-6-27(4)13-26-17-11-18(29-5)16(9-14(17)2)21(28,20(3,23)24)12-15-7-8-25-19(22)10-15/h7-11,13,28H,6,12H2,1-5H3. The Morgan fingerprint density at radius 2 is 2.00 bits per heavy atom. The molecule has 0 bridgehead atoms. The SMILES string of the molecule is CCN(C)C=Nc1cc(OC)c(C(O)(Cc2ccnc(F)c2)C(C)(F)F)cc1C. The Labute approximate surface area is 168 Å². The molecular formula is C21H26F3N3O2. The van der Waals surface area contributed by atoms with Crippen molar-refractivity contribution < 1.29 is 23.0 Å². The fourth-order valence-corrected chi connectivity index (χ4v) is 2.89. The summed E-state index contributed by atoms with van der Waals surface area (Å²) in [5.74, 6) is -4.28. The number of benzene rings is 1. The van der Waals surface area contributed by atoms with Crippen molar-refractivity contribution in [3.8, 4) is 5.75 Å². The van der Waals surface area contributed by atoms with E-state index in [1.54, 1.807) is 13.3 Å². The number of rotatable bonds is 8. The number of halogens is 3. The number of aryl methyl sites for hydroxylation is 1. The number of ether oxygens (including phenoxy) is 1. The third-order valence-electron chi connectivity index (χ3n) is 4.83. The van der Waals surface area contributed by atoms with Gasteiger partial charge in [-0.15, -0.1) is 0 Å². The van der Waals surface area contributed by atoms with E-state index in [-0.39, 0.29) is 16.9 Å². The third-order valence-corrected chi connectivity index (χ3v) is 4.83. The first-order valence-corrected chi connectivity index (χ1v) is 9.16. The molecular weight excluding hydrogens is 383 g/mol. The fraction of sp³-hybridized carbons (Fsp3) is 0.429. The number of alkyl halides is 2. The van der Waals surface area contributed by atoms with Crippen molar-refractivity contribution in [1.82, 2.24) is 9.88 Å². The molecule has 29 heavy (non-hydrogen) atoms. The zero-order valence-corrected chi connectivity index (χ0v) is 17.2. The largest absolute Gasteiger partial charge is 0.496 e. The normalized spacial score (nSPS) is 14.1. The maximum atomic E-state index is 14.6. The summed E-state index contributed by atoms with van der Waals surface area (Å²) in [6, 6.07) is 5.36. The van der Waals surface area contributed by atoms with Crippen LogP contribution in [0.3, 0.4) is 0 Å². The first kappa shape index (κ1) is 22.7. The maximum Gasteiger partial charge on any atom is 0.278 e. The summed E-state index contributed by atoms with van der Waals surface area (Å²) in [6.07, 6.45) is 2.28. The summed E-state index contributed by atoms with van der Waals surface area (Å²) in [6.45, 7) is 5.06. The van der Waals surface area contributed by atoms with E-state index in [9.17, 15) is 18.3 Å². The lowest BCUT2D eigenvalue weighted by Gasteiger charge is -2.35. The van der Waals surface area contributed by atoms with Crippen LogP contribution < -0.4 is 4.74 Å². The summed E-state index contributed by atoms with van der Waals surface area (Å²) in [5, 5.41) is 11.1. The first-order chi connectivity index (χ1) is 13.5. The summed E-state index contributed by atoms with van der Waals surface area (Å²) in [4.78, 5) is 9.64. The quantitative estimate of drug-likeness (QED) is 0.403. The van der Waals surface area contributed by atoms with Crippen LogP contribution >= 0.6 is 0 Å². The van der Waals surface area contributed by atoms with Gasteiger partial charge in [-0.1, -0.05) is 0 Å². The van der Waals surface area contributed by atoms with Crippen LogP contribution in [0.5, 0.6) is 5.75 Å². The lowest BCUT2D eigenvalue weighted by atomic mass is 9.81. The van der Waals surface area contributed by atoms with Crippen molar-refractivity contribution in [2.75, 3.05) is 20.7 Å². The second-order valence-electron chi connectivity index (χ2n) is 7.07. The van der Waals surface area contributed by atoms with Gasteiger partial charge in [0, 0.05) is 44.8 Å². The molecule has 0 aliphatic heterocycles. The highest BCUT2D eigenvalue weighted by Crippen LogP contribution is 2.45. The van der Waals surface area contributed by atoms with E-state index in [0.717, 1.165) is 12.6 Å². The molecule has 0 fully saturated rings. The van der Waals surface area contributed by atoms with Crippen LogP contribution in [0.15, 0.2) is 35.5 Å². The molecule has 1 heterocycles. The van der Waals surface area contributed by atoms with Gasteiger partial charge in [-0.2, -0.15) is 4.39 Å². The van der Waals surface area contributed by atoms with E-state index >= 15 is 0 Å². The van der Waals surface area contributed by atoms with Crippen molar-refractivity contribution in [3.05, 3.63) is 53.1 Å². The van der Waals surface area contributed by atoms with Gasteiger partial charge in [0.2, 0.25) is 5.95 Å². The van der Waals surface area contributed by atoms with E-state index < -0.39 is 23.9 Å². The molecule has 1 aromatic heterocycles. The Hall–Kier alpha value is -2.61. The van der Waals surface area contributed by atoms with Gasteiger partial charge in [0.1, 0.15) is 5.75 Å². The second-order valence-corrected chi connectivity index (χ2v) is 7.07. The van der Waals surface area contributed by atoms with Crippen molar-refractivity contribution in [3.63, 3.8) is 0 Å². The van der Waals surface area contributed by atoms with E-state index in [1.807, 2.05) is 18.9 Å². The second kappa shape index (κ2) is 8.82. The molecule has 0 saturated heterocycles. The van der Waals surface area contributed by atoms with Crippen LogP contribution in [0, 0.1) is 12.9 Å². The van der Waals surface area contributed by atoms with Crippen molar-refractivity contribution in [2.45, 2.75) is 38.7 Å². The molecule has 0 saturated carbocycles.